The molecule has 0 aliphatic heterocycles. The molecule has 1 radical (unpaired) electrons. The van der Waals surface area contributed by atoms with Crippen molar-refractivity contribution >= 4 is 0 Å². The van der Waals surface area contributed by atoms with Crippen LogP contribution in [-0.4, -0.2) is 32.3 Å². The second kappa shape index (κ2) is 2.47. The van der Waals surface area contributed by atoms with E-state index in [9.17, 15) is 0 Å². The van der Waals surface area contributed by atoms with Gasteiger partial charge in [-0.3, -0.25) is 0 Å². The first-order valence-corrected chi connectivity index (χ1v) is 3.23. The van der Waals surface area contributed by atoms with Gasteiger partial charge in [0.2, 0.25) is 5.79 Å². The molecule has 1 atom stereocenters. The maximum Gasteiger partial charge on any atom is 0.222 e. The normalized spacial score (nSPS) is 34.2. The number of rotatable bonds is 0. The average molecular weight is 147 g/mol. The molecule has 4 N–H and O–H groups in total. The van der Waals surface area contributed by atoms with Crippen LogP contribution in [0.25, 0.3) is 0 Å². The Balaban J connectivity index is 2.63. The lowest BCUT2D eigenvalue weighted by atomic mass is 9.89. The second-order valence-corrected chi connectivity index (χ2v) is 2.58. The summed E-state index contributed by atoms with van der Waals surface area (Å²) in [6.45, 7) is 0. The third-order valence-electron chi connectivity index (χ3n) is 1.78. The van der Waals surface area contributed by atoms with E-state index in [0.29, 0.717) is 12.8 Å². The van der Waals surface area contributed by atoms with Crippen LogP contribution in [0.5, 0.6) is 0 Å². The molecule has 0 heterocycles. The smallest absolute Gasteiger partial charge is 0.222 e. The lowest BCUT2D eigenvalue weighted by Crippen LogP contribution is -2.50. The van der Waals surface area contributed by atoms with Gasteiger partial charge in [0.25, 0.3) is 0 Å². The molecule has 1 rings (SSSR count). The third-order valence-corrected chi connectivity index (χ3v) is 1.78. The van der Waals surface area contributed by atoms with E-state index in [1.807, 2.05) is 0 Å². The zero-order chi connectivity index (χ0) is 7.78. The average Bonchev–Trinajstić information content (AvgIpc) is 1.84. The van der Waals surface area contributed by atoms with Crippen molar-refractivity contribution in [3.8, 4) is 0 Å². The van der Waals surface area contributed by atoms with Crippen LogP contribution < -0.4 is 0 Å². The Morgan fingerprint density at radius 3 is 2.40 bits per heavy atom. The summed E-state index contributed by atoms with van der Waals surface area (Å²) in [4.78, 5) is 0. The Labute approximate surface area is 58.7 Å². The van der Waals surface area contributed by atoms with E-state index in [1.54, 1.807) is 0 Å². The first-order chi connectivity index (χ1) is 4.55. The Morgan fingerprint density at radius 1 is 1.40 bits per heavy atom. The minimum atomic E-state index is -2.38. The summed E-state index contributed by atoms with van der Waals surface area (Å²) in [5, 5.41) is 35.7. The zero-order valence-electron chi connectivity index (χ0n) is 5.49. The van der Waals surface area contributed by atoms with Crippen molar-refractivity contribution in [2.75, 3.05) is 0 Å². The molecule has 0 aromatic rings. The van der Waals surface area contributed by atoms with Crippen molar-refractivity contribution in [2.45, 2.75) is 31.2 Å². The van der Waals surface area contributed by atoms with Crippen LogP contribution in [0.3, 0.4) is 0 Å². The fourth-order valence-corrected chi connectivity index (χ4v) is 1.04. The van der Waals surface area contributed by atoms with Crippen molar-refractivity contribution in [1.82, 2.24) is 0 Å². The summed E-state index contributed by atoms with van der Waals surface area (Å²) in [5.41, 5.74) is 0. The van der Waals surface area contributed by atoms with Crippen LogP contribution in [0.1, 0.15) is 19.3 Å². The van der Waals surface area contributed by atoms with Crippen LogP contribution in [-0.2, 0) is 0 Å². The molecule has 0 spiro atoms. The van der Waals surface area contributed by atoms with Gasteiger partial charge in [-0.1, -0.05) is 0 Å². The van der Waals surface area contributed by atoms with E-state index in [2.05, 4.69) is 0 Å². The molecule has 4 nitrogen and oxygen atoms in total. The molecule has 1 aliphatic carbocycles. The van der Waals surface area contributed by atoms with Gasteiger partial charge in [-0.2, -0.15) is 0 Å². The van der Waals surface area contributed by atoms with Gasteiger partial charge in [0.05, 0.1) is 0 Å². The third kappa shape index (κ3) is 1.15. The first-order valence-electron chi connectivity index (χ1n) is 3.23. The van der Waals surface area contributed by atoms with Gasteiger partial charge >= 0.3 is 0 Å². The van der Waals surface area contributed by atoms with Crippen LogP contribution in [0.4, 0.5) is 0 Å². The van der Waals surface area contributed by atoms with Crippen LogP contribution in [0.15, 0.2) is 0 Å². The predicted octanol–water partition coefficient (Wildman–Crippen LogP) is -0.883. The summed E-state index contributed by atoms with van der Waals surface area (Å²) < 4.78 is 0. The van der Waals surface area contributed by atoms with Gasteiger partial charge in [-0.05, 0) is 19.3 Å². The number of aliphatic hydroxyl groups excluding tert-OH is 2. The molecule has 1 fully saturated rings. The van der Waals surface area contributed by atoms with E-state index >= 15 is 0 Å². The minimum Gasteiger partial charge on any atom is -0.387 e. The van der Waals surface area contributed by atoms with Gasteiger partial charge in [0, 0.05) is 0 Å². The molecule has 10 heavy (non-hydrogen) atoms. The molecule has 0 amide bonds. The molecule has 1 unspecified atom stereocenters. The van der Waals surface area contributed by atoms with Crippen LogP contribution in [0.2, 0.25) is 0 Å². The molecular formula is C6H11O4. The van der Waals surface area contributed by atoms with Gasteiger partial charge in [0.1, 0.15) is 6.10 Å². The molecule has 1 aliphatic rings. The van der Waals surface area contributed by atoms with Crippen LogP contribution >= 0.6 is 0 Å². The van der Waals surface area contributed by atoms with Gasteiger partial charge in [-0.15, -0.1) is 0 Å². The highest BCUT2D eigenvalue weighted by molar-refractivity contribution is 5.00. The summed E-state index contributed by atoms with van der Waals surface area (Å²) >= 11 is 0. The quantitative estimate of drug-likeness (QED) is 0.335. The van der Waals surface area contributed by atoms with Gasteiger partial charge < -0.3 is 20.4 Å². The number of hydrogen-bond acceptors (Lipinski definition) is 4. The Kier molecular flexibility index (Phi) is 1.96. The monoisotopic (exact) mass is 147 g/mol. The number of aliphatic hydroxyl groups is 4. The Morgan fingerprint density at radius 2 is 2.00 bits per heavy atom. The topological polar surface area (TPSA) is 80.9 Å². The Bertz CT molecular complexity index is 111. The highest BCUT2D eigenvalue weighted by atomic mass is 16.5. The van der Waals surface area contributed by atoms with Gasteiger partial charge in [0.15, 0.2) is 6.10 Å². The minimum absolute atomic E-state index is 0.254. The van der Waals surface area contributed by atoms with E-state index in [-0.39, 0.29) is 6.42 Å². The summed E-state index contributed by atoms with van der Waals surface area (Å²) in [5.74, 6) is -2.38. The predicted molar refractivity (Wildman–Crippen MR) is 32.2 cm³/mol. The standard InChI is InChI=1S/C6H11O4/c7-4-2-1-3-5(8)6(4,9)10/h4,7-10H,1-3H2. The Hall–Kier alpha value is -0.160. The summed E-state index contributed by atoms with van der Waals surface area (Å²) in [7, 11) is 0. The second-order valence-electron chi connectivity index (χ2n) is 2.58. The van der Waals surface area contributed by atoms with E-state index in [0.717, 1.165) is 0 Å². The van der Waals surface area contributed by atoms with Crippen molar-refractivity contribution in [2.24, 2.45) is 0 Å². The zero-order valence-corrected chi connectivity index (χ0v) is 5.49. The largest absolute Gasteiger partial charge is 0.387 e. The SMILES string of the molecule is O[C]1CCCC(O)C1(O)O. The fourth-order valence-electron chi connectivity index (χ4n) is 1.04. The van der Waals surface area contributed by atoms with Crippen LogP contribution in [0, 0.1) is 6.10 Å². The molecule has 0 bridgehead atoms. The highest BCUT2D eigenvalue weighted by Crippen LogP contribution is 2.31. The number of hydrogen-bond donors (Lipinski definition) is 4. The first kappa shape index (κ1) is 7.94. The molecule has 4 heteroatoms. The van der Waals surface area contributed by atoms with E-state index in [1.165, 1.54) is 0 Å². The summed E-state index contributed by atoms with van der Waals surface area (Å²) in [6.07, 6.45) is -0.524. The maximum atomic E-state index is 8.93. The molecular weight excluding hydrogens is 136 g/mol. The van der Waals surface area contributed by atoms with E-state index < -0.39 is 18.0 Å². The molecule has 0 saturated heterocycles. The lowest BCUT2D eigenvalue weighted by molar-refractivity contribution is -0.250. The summed E-state index contributed by atoms with van der Waals surface area (Å²) in [6, 6.07) is 0. The molecule has 59 valence electrons. The molecule has 0 aromatic carbocycles. The van der Waals surface area contributed by atoms with E-state index in [4.69, 9.17) is 20.4 Å². The fraction of sp³-hybridized carbons (Fsp3) is 0.833. The van der Waals surface area contributed by atoms with Crippen molar-refractivity contribution in [3.05, 3.63) is 6.10 Å². The van der Waals surface area contributed by atoms with Crippen molar-refractivity contribution in [1.29, 1.82) is 0 Å². The highest BCUT2D eigenvalue weighted by Gasteiger charge is 2.44. The van der Waals surface area contributed by atoms with Crippen molar-refractivity contribution in [3.63, 3.8) is 0 Å². The molecule has 0 aromatic heterocycles. The lowest BCUT2D eigenvalue weighted by Gasteiger charge is -2.34. The van der Waals surface area contributed by atoms with Crippen molar-refractivity contribution < 1.29 is 20.4 Å². The van der Waals surface area contributed by atoms with Gasteiger partial charge in [-0.25, -0.2) is 0 Å². The maximum absolute atomic E-state index is 8.93. The molecule has 1 saturated carbocycles.